The number of rotatable bonds is 8. The van der Waals surface area contributed by atoms with E-state index in [0.717, 1.165) is 19.3 Å². The molecule has 0 aliphatic heterocycles. The fourth-order valence-corrected chi connectivity index (χ4v) is 2.11. The smallest absolute Gasteiger partial charge is 0.278 e. The Hall–Kier alpha value is -1.82. The van der Waals surface area contributed by atoms with E-state index in [1.807, 2.05) is 0 Å². The summed E-state index contributed by atoms with van der Waals surface area (Å²) >= 11 is 0. The molecular formula is C14H22N2O4. The van der Waals surface area contributed by atoms with Crippen molar-refractivity contribution >= 4 is 5.69 Å². The second kappa shape index (κ2) is 7.69. The van der Waals surface area contributed by atoms with Gasteiger partial charge >= 0.3 is 0 Å². The lowest BCUT2D eigenvalue weighted by atomic mass is 9.99. The summed E-state index contributed by atoms with van der Waals surface area (Å²) in [6, 6.07) is 2.60. The monoisotopic (exact) mass is 282 g/mol. The Kier molecular flexibility index (Phi) is 6.24. The van der Waals surface area contributed by atoms with E-state index in [9.17, 15) is 10.1 Å². The van der Waals surface area contributed by atoms with E-state index in [1.54, 1.807) is 6.07 Å². The van der Waals surface area contributed by atoms with E-state index in [2.05, 4.69) is 6.92 Å². The van der Waals surface area contributed by atoms with Crippen LogP contribution < -0.4 is 15.2 Å². The highest BCUT2D eigenvalue weighted by Crippen LogP contribution is 2.37. The zero-order chi connectivity index (χ0) is 15.1. The van der Waals surface area contributed by atoms with E-state index in [0.29, 0.717) is 23.5 Å². The minimum Gasteiger partial charge on any atom is -0.493 e. The highest BCUT2D eigenvalue weighted by molar-refractivity contribution is 5.55. The number of hydrogen-bond donors (Lipinski definition) is 1. The molecule has 0 bridgehead atoms. The number of hydrogen-bond acceptors (Lipinski definition) is 5. The molecule has 1 aromatic rings. The van der Waals surface area contributed by atoms with E-state index >= 15 is 0 Å². The van der Waals surface area contributed by atoms with Crippen molar-refractivity contribution in [1.29, 1.82) is 0 Å². The highest BCUT2D eigenvalue weighted by Gasteiger charge is 2.23. The van der Waals surface area contributed by atoms with Crippen molar-refractivity contribution in [3.63, 3.8) is 0 Å². The molecule has 0 spiro atoms. The summed E-state index contributed by atoms with van der Waals surface area (Å²) in [6.45, 7) is 2.10. The summed E-state index contributed by atoms with van der Waals surface area (Å²) in [5.41, 5.74) is 6.56. The summed E-state index contributed by atoms with van der Waals surface area (Å²) in [6.07, 6.45) is 3.81. The summed E-state index contributed by atoms with van der Waals surface area (Å²) in [5, 5.41) is 11.2. The van der Waals surface area contributed by atoms with Crippen molar-refractivity contribution in [2.24, 2.45) is 5.73 Å². The molecule has 6 heteroatoms. The van der Waals surface area contributed by atoms with Gasteiger partial charge in [-0.25, -0.2) is 0 Å². The van der Waals surface area contributed by atoms with Gasteiger partial charge in [0, 0.05) is 6.04 Å². The third kappa shape index (κ3) is 3.84. The van der Waals surface area contributed by atoms with E-state index in [-0.39, 0.29) is 11.7 Å². The first-order valence-corrected chi connectivity index (χ1v) is 6.71. The largest absolute Gasteiger partial charge is 0.493 e. The van der Waals surface area contributed by atoms with Crippen LogP contribution >= 0.6 is 0 Å². The SMILES string of the molecule is CCCCC[C@@H](N)c1cc(OC)c(OC)cc1[N+](=O)[O-]. The normalized spacial score (nSPS) is 12.0. The fourth-order valence-electron chi connectivity index (χ4n) is 2.11. The van der Waals surface area contributed by atoms with Crippen LogP contribution in [0.15, 0.2) is 12.1 Å². The standard InChI is InChI=1S/C14H22N2O4/c1-4-5-6-7-11(15)10-8-13(19-2)14(20-3)9-12(10)16(17)18/h8-9,11H,4-7,15H2,1-3H3/t11-/m1/s1. The molecule has 0 unspecified atom stereocenters. The van der Waals surface area contributed by atoms with Gasteiger partial charge in [-0.05, 0) is 12.5 Å². The minimum absolute atomic E-state index is 0.0216. The zero-order valence-corrected chi connectivity index (χ0v) is 12.2. The first-order valence-electron chi connectivity index (χ1n) is 6.71. The fraction of sp³-hybridized carbons (Fsp3) is 0.571. The number of ether oxygens (including phenoxy) is 2. The molecule has 6 nitrogen and oxygen atoms in total. The first kappa shape index (κ1) is 16.2. The molecular weight excluding hydrogens is 260 g/mol. The van der Waals surface area contributed by atoms with E-state index in [1.165, 1.54) is 20.3 Å². The number of nitro benzene ring substituents is 1. The molecule has 1 aromatic carbocycles. The van der Waals surface area contributed by atoms with Crippen molar-refractivity contribution in [2.45, 2.75) is 38.6 Å². The molecule has 0 fully saturated rings. The Bertz CT molecular complexity index is 463. The van der Waals surface area contributed by atoms with Gasteiger partial charge in [-0.2, -0.15) is 0 Å². The third-order valence-electron chi connectivity index (χ3n) is 3.25. The van der Waals surface area contributed by atoms with Gasteiger partial charge < -0.3 is 15.2 Å². The van der Waals surface area contributed by atoms with Crippen LogP contribution in [0.4, 0.5) is 5.69 Å². The topological polar surface area (TPSA) is 87.6 Å². The third-order valence-corrected chi connectivity index (χ3v) is 3.25. The Labute approximate surface area is 119 Å². The average molecular weight is 282 g/mol. The maximum atomic E-state index is 11.2. The van der Waals surface area contributed by atoms with Crippen LogP contribution in [-0.2, 0) is 0 Å². The lowest BCUT2D eigenvalue weighted by Gasteiger charge is -2.15. The molecule has 0 aliphatic carbocycles. The number of benzene rings is 1. The highest BCUT2D eigenvalue weighted by atomic mass is 16.6. The van der Waals surface area contributed by atoms with Crippen LogP contribution in [0.25, 0.3) is 0 Å². The van der Waals surface area contributed by atoms with Crippen LogP contribution in [0.5, 0.6) is 11.5 Å². The van der Waals surface area contributed by atoms with Crippen LogP contribution in [0.2, 0.25) is 0 Å². The lowest BCUT2D eigenvalue weighted by Crippen LogP contribution is -2.13. The van der Waals surface area contributed by atoms with Gasteiger partial charge in [0.1, 0.15) is 0 Å². The van der Waals surface area contributed by atoms with Gasteiger partial charge in [0.25, 0.3) is 5.69 Å². The van der Waals surface area contributed by atoms with Gasteiger partial charge in [-0.1, -0.05) is 26.2 Å². The lowest BCUT2D eigenvalue weighted by molar-refractivity contribution is -0.385. The molecule has 0 saturated carbocycles. The van der Waals surface area contributed by atoms with Gasteiger partial charge in [-0.3, -0.25) is 10.1 Å². The molecule has 0 aromatic heterocycles. The molecule has 0 amide bonds. The van der Waals surface area contributed by atoms with Crippen LogP contribution in [-0.4, -0.2) is 19.1 Å². The molecule has 20 heavy (non-hydrogen) atoms. The van der Waals surface area contributed by atoms with E-state index in [4.69, 9.17) is 15.2 Å². The Morgan fingerprint density at radius 1 is 1.25 bits per heavy atom. The Morgan fingerprint density at radius 2 is 1.85 bits per heavy atom. The summed E-state index contributed by atoms with van der Waals surface area (Å²) in [4.78, 5) is 10.7. The predicted octanol–water partition coefficient (Wildman–Crippen LogP) is 3.19. The summed E-state index contributed by atoms with van der Waals surface area (Å²) < 4.78 is 10.3. The predicted molar refractivity (Wildman–Crippen MR) is 77.3 cm³/mol. The van der Waals surface area contributed by atoms with Crippen LogP contribution in [0, 0.1) is 10.1 Å². The van der Waals surface area contributed by atoms with Crippen molar-refractivity contribution in [3.8, 4) is 11.5 Å². The maximum absolute atomic E-state index is 11.2. The minimum atomic E-state index is -0.434. The maximum Gasteiger partial charge on any atom is 0.278 e. The van der Waals surface area contributed by atoms with Crippen molar-refractivity contribution < 1.29 is 14.4 Å². The average Bonchev–Trinajstić information content (AvgIpc) is 2.45. The zero-order valence-electron chi connectivity index (χ0n) is 12.2. The van der Waals surface area contributed by atoms with Crippen LogP contribution in [0.1, 0.15) is 44.2 Å². The second-order valence-corrected chi connectivity index (χ2v) is 4.63. The van der Waals surface area contributed by atoms with Crippen molar-refractivity contribution in [3.05, 3.63) is 27.8 Å². The summed E-state index contributed by atoms with van der Waals surface area (Å²) in [5.74, 6) is 0.794. The molecule has 1 atom stereocenters. The van der Waals surface area contributed by atoms with Gasteiger partial charge in [0.15, 0.2) is 11.5 Å². The number of nitrogens with two attached hydrogens (primary N) is 1. The second-order valence-electron chi connectivity index (χ2n) is 4.63. The number of nitrogens with zero attached hydrogens (tertiary/aromatic N) is 1. The number of nitro groups is 1. The molecule has 2 N–H and O–H groups in total. The molecule has 1 rings (SSSR count). The molecule has 0 saturated heterocycles. The van der Waals surface area contributed by atoms with Gasteiger partial charge in [0.2, 0.25) is 0 Å². The Morgan fingerprint density at radius 3 is 2.35 bits per heavy atom. The molecule has 0 heterocycles. The van der Waals surface area contributed by atoms with Crippen LogP contribution in [0.3, 0.4) is 0 Å². The van der Waals surface area contributed by atoms with Gasteiger partial charge in [0.05, 0.1) is 30.8 Å². The van der Waals surface area contributed by atoms with Crippen molar-refractivity contribution in [2.75, 3.05) is 14.2 Å². The number of methoxy groups -OCH3 is 2. The molecule has 0 aliphatic rings. The van der Waals surface area contributed by atoms with Gasteiger partial charge in [-0.15, -0.1) is 0 Å². The molecule has 0 radical (unpaired) electrons. The first-order chi connectivity index (χ1) is 9.54. The molecule has 112 valence electrons. The Balaban J connectivity index is 3.11. The quantitative estimate of drug-likeness (QED) is 0.449. The summed E-state index contributed by atoms with van der Waals surface area (Å²) in [7, 11) is 2.94. The van der Waals surface area contributed by atoms with Crippen molar-refractivity contribution in [1.82, 2.24) is 0 Å². The number of unbranched alkanes of at least 4 members (excludes halogenated alkanes) is 2. The van der Waals surface area contributed by atoms with E-state index < -0.39 is 4.92 Å².